The van der Waals surface area contributed by atoms with E-state index in [0.29, 0.717) is 22.4 Å². The van der Waals surface area contributed by atoms with Gasteiger partial charge >= 0.3 is 0 Å². The molecular formula is C14H10FN3O2. The van der Waals surface area contributed by atoms with Crippen molar-refractivity contribution in [2.75, 3.05) is 5.73 Å². The second kappa shape index (κ2) is 4.65. The maximum absolute atomic E-state index is 13.0. The van der Waals surface area contributed by atoms with Crippen molar-refractivity contribution in [3.63, 3.8) is 0 Å². The van der Waals surface area contributed by atoms with Crippen molar-refractivity contribution in [2.24, 2.45) is 0 Å². The third kappa shape index (κ3) is 2.07. The smallest absolute Gasteiger partial charge is 0.247 e. The highest BCUT2D eigenvalue weighted by molar-refractivity contribution is 5.86. The number of hydrogen-bond acceptors (Lipinski definition) is 4. The van der Waals surface area contributed by atoms with E-state index in [2.05, 4.69) is 10.1 Å². The Balaban J connectivity index is 2.16. The highest BCUT2D eigenvalue weighted by atomic mass is 19.1. The van der Waals surface area contributed by atoms with Crippen molar-refractivity contribution in [1.29, 1.82) is 0 Å². The minimum absolute atomic E-state index is 0.137. The van der Waals surface area contributed by atoms with Gasteiger partial charge in [0.1, 0.15) is 11.5 Å². The number of anilines is 1. The van der Waals surface area contributed by atoms with Gasteiger partial charge in [-0.3, -0.25) is 4.79 Å². The fourth-order valence-corrected chi connectivity index (χ4v) is 1.95. The predicted molar refractivity (Wildman–Crippen MR) is 72.4 cm³/mol. The van der Waals surface area contributed by atoms with Crippen LogP contribution in [0.2, 0.25) is 0 Å². The Hall–Kier alpha value is -2.89. The molecule has 0 aliphatic carbocycles. The zero-order valence-corrected chi connectivity index (χ0v) is 10.3. The fourth-order valence-electron chi connectivity index (χ4n) is 1.95. The van der Waals surface area contributed by atoms with Gasteiger partial charge in [0.15, 0.2) is 0 Å². The van der Waals surface area contributed by atoms with Gasteiger partial charge in [0.2, 0.25) is 11.4 Å². The van der Waals surface area contributed by atoms with E-state index < -0.39 is 0 Å². The molecule has 0 fully saturated rings. The molecule has 0 radical (unpaired) electrons. The largest absolute Gasteiger partial charge is 0.367 e. The van der Waals surface area contributed by atoms with Gasteiger partial charge < -0.3 is 15.2 Å². The normalized spacial score (nSPS) is 10.7. The van der Waals surface area contributed by atoms with E-state index in [0.717, 1.165) is 0 Å². The van der Waals surface area contributed by atoms with Crippen molar-refractivity contribution in [1.82, 2.24) is 10.1 Å². The molecule has 0 aliphatic heterocycles. The molecule has 100 valence electrons. The molecular weight excluding hydrogens is 261 g/mol. The Morgan fingerprint density at radius 3 is 2.45 bits per heavy atom. The van der Waals surface area contributed by atoms with Crippen LogP contribution in [0.4, 0.5) is 10.3 Å². The molecule has 3 aromatic rings. The average molecular weight is 271 g/mol. The lowest BCUT2D eigenvalue weighted by Gasteiger charge is -2.02. The first-order valence-corrected chi connectivity index (χ1v) is 5.85. The van der Waals surface area contributed by atoms with Crippen LogP contribution in [0.1, 0.15) is 0 Å². The summed E-state index contributed by atoms with van der Waals surface area (Å²) in [5.41, 5.74) is 7.97. The molecule has 0 unspecified atom stereocenters. The summed E-state index contributed by atoms with van der Waals surface area (Å²) in [5.74, 6) is -0.202. The fraction of sp³-hybridized carbons (Fsp3) is 0. The zero-order valence-electron chi connectivity index (χ0n) is 10.3. The van der Waals surface area contributed by atoms with E-state index >= 15 is 0 Å². The summed E-state index contributed by atoms with van der Waals surface area (Å²) in [6, 6.07) is 8.84. The predicted octanol–water partition coefficient (Wildman–Crippen LogP) is 2.42. The summed E-state index contributed by atoms with van der Waals surface area (Å²) in [6.07, 6.45) is 1.52. The molecule has 0 amide bonds. The molecule has 20 heavy (non-hydrogen) atoms. The van der Waals surface area contributed by atoms with Crippen LogP contribution in [0, 0.1) is 5.82 Å². The molecule has 0 saturated carbocycles. The number of hydrogen-bond donors (Lipinski definition) is 2. The molecule has 2 aromatic heterocycles. The Kier molecular flexibility index (Phi) is 2.83. The lowest BCUT2D eigenvalue weighted by Crippen LogP contribution is -2.01. The number of H-pyrrole nitrogens is 1. The van der Waals surface area contributed by atoms with Crippen LogP contribution in [0.5, 0.6) is 0 Å². The van der Waals surface area contributed by atoms with E-state index in [4.69, 9.17) is 10.3 Å². The first-order chi connectivity index (χ1) is 9.65. The Labute approximate surface area is 112 Å². The molecule has 0 aliphatic rings. The molecule has 1 aromatic carbocycles. The van der Waals surface area contributed by atoms with Gasteiger partial charge in [-0.25, -0.2) is 4.39 Å². The van der Waals surface area contributed by atoms with Gasteiger partial charge in [0.25, 0.3) is 0 Å². The topological polar surface area (TPSA) is 84.9 Å². The van der Waals surface area contributed by atoms with E-state index in [-0.39, 0.29) is 17.3 Å². The second-order valence-electron chi connectivity index (χ2n) is 4.22. The van der Waals surface area contributed by atoms with Crippen LogP contribution in [0.3, 0.4) is 0 Å². The van der Waals surface area contributed by atoms with Crippen molar-refractivity contribution in [3.05, 3.63) is 58.8 Å². The zero-order chi connectivity index (χ0) is 14.1. The summed E-state index contributed by atoms with van der Waals surface area (Å²) in [7, 11) is 0. The SMILES string of the molecule is Nc1onc(-c2ccc(=O)[nH]c2)c1-c1ccc(F)cc1. The number of nitrogens with two attached hydrogens (primary N) is 1. The lowest BCUT2D eigenvalue weighted by molar-refractivity contribution is 0.439. The Morgan fingerprint density at radius 2 is 1.80 bits per heavy atom. The monoisotopic (exact) mass is 271 g/mol. The third-order valence-corrected chi connectivity index (χ3v) is 2.91. The molecule has 3 N–H and O–H groups in total. The molecule has 0 bridgehead atoms. The van der Waals surface area contributed by atoms with E-state index in [1.165, 1.54) is 24.4 Å². The van der Waals surface area contributed by atoms with Crippen molar-refractivity contribution < 1.29 is 8.91 Å². The van der Waals surface area contributed by atoms with Crippen LogP contribution in [0.25, 0.3) is 22.4 Å². The van der Waals surface area contributed by atoms with E-state index in [1.807, 2.05) is 0 Å². The molecule has 3 rings (SSSR count). The van der Waals surface area contributed by atoms with Gasteiger partial charge in [-0.05, 0) is 23.8 Å². The minimum atomic E-state index is -0.339. The Bertz CT molecular complexity index is 786. The number of aromatic amines is 1. The average Bonchev–Trinajstić information content (AvgIpc) is 2.83. The van der Waals surface area contributed by atoms with E-state index in [9.17, 15) is 9.18 Å². The second-order valence-corrected chi connectivity index (χ2v) is 4.22. The number of halogens is 1. The van der Waals surface area contributed by atoms with Crippen molar-refractivity contribution >= 4 is 5.88 Å². The highest BCUT2D eigenvalue weighted by Gasteiger charge is 2.17. The van der Waals surface area contributed by atoms with E-state index in [1.54, 1.807) is 18.2 Å². The summed E-state index contributed by atoms with van der Waals surface area (Å²) < 4.78 is 18.0. The number of benzene rings is 1. The van der Waals surface area contributed by atoms with Gasteiger partial charge in [0, 0.05) is 17.8 Å². The quantitative estimate of drug-likeness (QED) is 0.749. The van der Waals surface area contributed by atoms with Crippen LogP contribution < -0.4 is 11.3 Å². The number of nitrogen functional groups attached to an aromatic ring is 1. The first-order valence-electron chi connectivity index (χ1n) is 5.85. The van der Waals surface area contributed by atoms with Gasteiger partial charge in [-0.15, -0.1) is 0 Å². The first kappa shape index (κ1) is 12.2. The van der Waals surface area contributed by atoms with Crippen LogP contribution >= 0.6 is 0 Å². The third-order valence-electron chi connectivity index (χ3n) is 2.91. The summed E-state index contributed by atoms with van der Waals surface area (Å²) in [4.78, 5) is 13.6. The van der Waals surface area contributed by atoms with Crippen molar-refractivity contribution in [3.8, 4) is 22.4 Å². The molecule has 5 nitrogen and oxygen atoms in total. The van der Waals surface area contributed by atoms with Crippen LogP contribution in [0.15, 0.2) is 51.9 Å². The minimum Gasteiger partial charge on any atom is -0.367 e. The summed E-state index contributed by atoms with van der Waals surface area (Å²) in [5, 5.41) is 3.90. The standard InChI is InChI=1S/C14H10FN3O2/c15-10-4-1-8(2-5-10)12-13(18-20-14(12)16)9-3-6-11(19)17-7-9/h1-7H,16H2,(H,17,19). The lowest BCUT2D eigenvalue weighted by atomic mass is 10.0. The van der Waals surface area contributed by atoms with Gasteiger partial charge in [-0.2, -0.15) is 0 Å². The number of aromatic nitrogens is 2. The molecule has 0 spiro atoms. The number of pyridine rings is 1. The Morgan fingerprint density at radius 1 is 1.10 bits per heavy atom. The molecule has 6 heteroatoms. The highest BCUT2D eigenvalue weighted by Crippen LogP contribution is 2.35. The number of rotatable bonds is 2. The molecule has 0 atom stereocenters. The number of nitrogens with zero attached hydrogens (tertiary/aromatic N) is 1. The number of nitrogens with one attached hydrogen (secondary N) is 1. The summed E-state index contributed by atoms with van der Waals surface area (Å²) >= 11 is 0. The van der Waals surface area contributed by atoms with Crippen LogP contribution in [-0.4, -0.2) is 10.1 Å². The van der Waals surface area contributed by atoms with Gasteiger partial charge in [0.05, 0.1) is 5.56 Å². The van der Waals surface area contributed by atoms with Crippen LogP contribution in [-0.2, 0) is 0 Å². The van der Waals surface area contributed by atoms with Gasteiger partial charge in [-0.1, -0.05) is 17.3 Å². The maximum atomic E-state index is 13.0. The molecule has 0 saturated heterocycles. The summed E-state index contributed by atoms with van der Waals surface area (Å²) in [6.45, 7) is 0. The van der Waals surface area contributed by atoms with Crippen molar-refractivity contribution in [2.45, 2.75) is 0 Å². The molecule has 2 heterocycles. The maximum Gasteiger partial charge on any atom is 0.247 e.